The molecule has 3 N–H and O–H groups in total. The molecular formula is C37H42N6O7. The summed E-state index contributed by atoms with van der Waals surface area (Å²) in [6.45, 7) is 0.0625. The minimum atomic E-state index is -1.44. The number of hydrogen-bond acceptors (Lipinski definition) is 8. The fourth-order valence-electron chi connectivity index (χ4n) is 7.57. The van der Waals surface area contributed by atoms with E-state index in [1.54, 1.807) is 42.5 Å². The van der Waals surface area contributed by atoms with Crippen LogP contribution >= 0.6 is 0 Å². The van der Waals surface area contributed by atoms with E-state index in [2.05, 4.69) is 20.8 Å². The lowest BCUT2D eigenvalue weighted by molar-refractivity contribution is -0.145. The van der Waals surface area contributed by atoms with Crippen LogP contribution in [-0.2, 0) is 19.1 Å². The monoisotopic (exact) mass is 682 g/mol. The first-order valence-electron chi connectivity index (χ1n) is 17.7. The van der Waals surface area contributed by atoms with E-state index in [9.17, 15) is 29.1 Å². The van der Waals surface area contributed by atoms with Gasteiger partial charge in [0.15, 0.2) is 5.78 Å². The topological polar surface area (TPSA) is 173 Å². The van der Waals surface area contributed by atoms with Crippen LogP contribution in [0, 0.1) is 5.92 Å². The molecule has 50 heavy (non-hydrogen) atoms. The Morgan fingerprint density at radius 2 is 1.68 bits per heavy atom. The third kappa shape index (κ3) is 6.86. The number of ether oxygens (including phenoxy) is 1. The number of carbonyl (C=O) groups excluding carboxylic acids is 4. The number of hydrogen-bond donors (Lipinski definition) is 3. The van der Waals surface area contributed by atoms with E-state index in [0.717, 1.165) is 44.9 Å². The van der Waals surface area contributed by atoms with Crippen molar-refractivity contribution in [3.8, 4) is 0 Å². The number of nitrogens with one attached hydrogen (secondary N) is 2. The average molecular weight is 683 g/mol. The Morgan fingerprint density at radius 3 is 2.46 bits per heavy atom. The number of carbonyl (C=O) groups is 5. The molecule has 1 saturated heterocycles. The van der Waals surface area contributed by atoms with Crippen LogP contribution in [-0.4, -0.2) is 84.9 Å². The Hall–Kier alpha value is -5.07. The summed E-state index contributed by atoms with van der Waals surface area (Å²) in [5.41, 5.74) is 0.589. The summed E-state index contributed by atoms with van der Waals surface area (Å²) < 4.78 is 5.64. The van der Waals surface area contributed by atoms with Crippen LogP contribution < -0.4 is 10.6 Å². The molecule has 2 aliphatic heterocycles. The summed E-state index contributed by atoms with van der Waals surface area (Å²) >= 11 is 0. The van der Waals surface area contributed by atoms with E-state index in [-0.39, 0.29) is 37.2 Å². The lowest BCUT2D eigenvalue weighted by Gasteiger charge is -2.29. The van der Waals surface area contributed by atoms with Crippen molar-refractivity contribution in [1.82, 2.24) is 30.5 Å². The molecular weight excluding hydrogens is 640 g/mol. The molecule has 3 fully saturated rings. The highest BCUT2D eigenvalue weighted by atomic mass is 16.6. The normalized spacial score (nSPS) is 28.1. The van der Waals surface area contributed by atoms with Crippen LogP contribution in [0.2, 0.25) is 0 Å². The van der Waals surface area contributed by atoms with Gasteiger partial charge in [-0.15, -0.1) is 0 Å². The van der Waals surface area contributed by atoms with Crippen molar-refractivity contribution < 1.29 is 33.8 Å². The van der Waals surface area contributed by atoms with Gasteiger partial charge in [-0.1, -0.05) is 55.3 Å². The number of aliphatic carboxylic acids is 1. The minimum absolute atomic E-state index is 0.0625. The smallest absolute Gasteiger partial charge is 0.408 e. The molecule has 2 saturated carbocycles. The van der Waals surface area contributed by atoms with Gasteiger partial charge >= 0.3 is 12.1 Å². The van der Waals surface area contributed by atoms with Crippen LogP contribution in [0.4, 0.5) is 4.79 Å². The predicted octanol–water partition coefficient (Wildman–Crippen LogP) is 4.32. The van der Waals surface area contributed by atoms with Gasteiger partial charge in [-0.3, -0.25) is 14.4 Å². The van der Waals surface area contributed by atoms with Crippen molar-refractivity contribution in [2.24, 2.45) is 5.92 Å². The second-order valence-electron chi connectivity index (χ2n) is 14.0. The predicted molar refractivity (Wildman–Crippen MR) is 181 cm³/mol. The van der Waals surface area contributed by atoms with Gasteiger partial charge < -0.3 is 25.4 Å². The first kappa shape index (κ1) is 33.4. The zero-order chi connectivity index (χ0) is 34.8. The van der Waals surface area contributed by atoms with E-state index in [0.29, 0.717) is 35.0 Å². The highest BCUT2D eigenvalue weighted by Crippen LogP contribution is 2.45. The van der Waals surface area contributed by atoms with Gasteiger partial charge in [-0.2, -0.15) is 15.0 Å². The summed E-state index contributed by atoms with van der Waals surface area (Å²) in [7, 11) is 0. The van der Waals surface area contributed by atoms with Crippen LogP contribution in [0.15, 0.2) is 60.7 Å². The minimum Gasteiger partial charge on any atom is -0.479 e. The van der Waals surface area contributed by atoms with E-state index in [1.165, 1.54) is 9.70 Å². The molecule has 3 aromatic rings. The van der Waals surface area contributed by atoms with Crippen molar-refractivity contribution in [1.29, 1.82) is 0 Å². The number of alkyl carbamates (subject to hydrolysis) is 1. The summed E-state index contributed by atoms with van der Waals surface area (Å²) in [4.78, 5) is 69.8. The number of amides is 3. The van der Waals surface area contributed by atoms with Crippen LogP contribution in [0.5, 0.6) is 0 Å². The van der Waals surface area contributed by atoms with E-state index < -0.39 is 47.5 Å². The lowest BCUT2D eigenvalue weighted by Crippen LogP contribution is -2.56. The number of fused-ring (bicyclic) bond motifs is 3. The number of ketones is 1. The van der Waals surface area contributed by atoms with E-state index >= 15 is 0 Å². The largest absolute Gasteiger partial charge is 0.479 e. The first-order valence-corrected chi connectivity index (χ1v) is 17.7. The number of benzene rings is 2. The Labute approximate surface area is 289 Å². The Bertz CT molecular complexity index is 1820. The molecule has 3 heterocycles. The van der Waals surface area contributed by atoms with Crippen molar-refractivity contribution >= 4 is 40.7 Å². The Morgan fingerprint density at radius 1 is 0.920 bits per heavy atom. The zero-order valence-corrected chi connectivity index (χ0v) is 27.8. The van der Waals surface area contributed by atoms with E-state index in [4.69, 9.17) is 4.74 Å². The van der Waals surface area contributed by atoms with Gasteiger partial charge in [-0.25, -0.2) is 9.59 Å². The molecule has 1 aromatic heterocycles. The number of aromatic nitrogens is 3. The standard InChI is InChI=1S/C37H42N6O7/c44-32(23-11-5-4-6-12-23)24-17-18-28-30(19-24)41-43(40-28)26-20-31-33(45)39-37(35(47)48)21-25(37)13-7-2-1-3-8-16-29(34(46)42(31)22-26)38-36(49)50-27-14-9-10-15-27/h4-7,11-13,17-19,25-27,29,31H,1-3,8-10,14-16,20-22H2,(H,38,49)(H,39,45)(H,47,48)/b13-7-/t25?,26-,29?,31?,37?/m1/s1. The molecule has 3 amide bonds. The van der Waals surface area contributed by atoms with Crippen LogP contribution in [0.1, 0.15) is 92.6 Å². The molecule has 262 valence electrons. The molecule has 0 spiro atoms. The third-order valence-electron chi connectivity index (χ3n) is 10.5. The molecule has 7 rings (SSSR count). The van der Waals surface area contributed by atoms with Crippen molar-refractivity contribution in [3.05, 3.63) is 71.8 Å². The van der Waals surface area contributed by atoms with E-state index in [1.807, 2.05) is 18.2 Å². The van der Waals surface area contributed by atoms with Gasteiger partial charge in [0.2, 0.25) is 11.8 Å². The molecule has 13 nitrogen and oxygen atoms in total. The number of carboxylic acids is 1. The van der Waals surface area contributed by atoms with Crippen molar-refractivity contribution in [2.75, 3.05) is 6.54 Å². The maximum atomic E-state index is 14.4. The number of carboxylic acid groups (broad SMARTS) is 1. The zero-order valence-electron chi connectivity index (χ0n) is 27.8. The second-order valence-corrected chi connectivity index (χ2v) is 14.0. The molecule has 2 aliphatic carbocycles. The highest BCUT2D eigenvalue weighted by molar-refractivity contribution is 6.10. The average Bonchev–Trinajstić information content (AvgIpc) is 3.54. The molecule has 5 atom stereocenters. The first-order chi connectivity index (χ1) is 24.2. The molecule has 4 unspecified atom stereocenters. The highest BCUT2D eigenvalue weighted by Gasteiger charge is 2.61. The van der Waals surface area contributed by atoms with Gasteiger partial charge in [-0.05, 0) is 69.6 Å². The summed E-state index contributed by atoms with van der Waals surface area (Å²) in [6.07, 6.45) is 10.4. The van der Waals surface area contributed by atoms with Crippen LogP contribution in [0.3, 0.4) is 0 Å². The second kappa shape index (κ2) is 14.0. The molecule has 0 radical (unpaired) electrons. The van der Waals surface area contributed by atoms with Gasteiger partial charge in [0, 0.05) is 30.0 Å². The van der Waals surface area contributed by atoms with Gasteiger partial charge in [0.25, 0.3) is 0 Å². The maximum Gasteiger partial charge on any atom is 0.408 e. The summed E-state index contributed by atoms with van der Waals surface area (Å²) in [5, 5.41) is 25.1. The molecule has 4 aliphatic rings. The lowest BCUT2D eigenvalue weighted by atomic mass is 10.0. The SMILES string of the molecule is O=C(NC1CCCCC/C=C\C2CC2(C(=O)O)NC(=O)C2C[C@@H](n3nc4ccc(C(=O)c5ccccc5)cc4n3)CN2C1=O)OC1CCCC1. The van der Waals surface area contributed by atoms with Gasteiger partial charge in [0.05, 0.1) is 6.04 Å². The Kier molecular flexibility index (Phi) is 9.39. The number of rotatable bonds is 6. The van der Waals surface area contributed by atoms with Crippen molar-refractivity contribution in [2.45, 2.75) is 100 Å². The molecule has 0 bridgehead atoms. The number of nitrogens with zero attached hydrogens (tertiary/aromatic N) is 4. The third-order valence-corrected chi connectivity index (χ3v) is 10.5. The van der Waals surface area contributed by atoms with Crippen molar-refractivity contribution in [3.63, 3.8) is 0 Å². The maximum absolute atomic E-state index is 14.4. The van der Waals surface area contributed by atoms with Crippen LogP contribution in [0.25, 0.3) is 11.0 Å². The summed E-state index contributed by atoms with van der Waals surface area (Å²) in [5.74, 6) is -2.63. The molecule has 2 aromatic carbocycles. The quantitative estimate of drug-likeness (QED) is 0.253. The number of allylic oxidation sites excluding steroid dienone is 1. The Balaban J connectivity index is 1.17. The molecule has 13 heteroatoms. The summed E-state index contributed by atoms with van der Waals surface area (Å²) in [6, 6.07) is 11.5. The van der Waals surface area contributed by atoms with Gasteiger partial charge in [0.1, 0.15) is 34.8 Å². The fraction of sp³-hybridized carbons (Fsp3) is 0.486. The fourth-order valence-corrected chi connectivity index (χ4v) is 7.57.